The molecule has 11 heteroatoms. The lowest BCUT2D eigenvalue weighted by Crippen LogP contribution is -2.59. The fourth-order valence-corrected chi connectivity index (χ4v) is 4.98. The van der Waals surface area contributed by atoms with Gasteiger partial charge in [0.2, 0.25) is 11.8 Å². The topological polar surface area (TPSA) is 120 Å². The van der Waals surface area contributed by atoms with Gasteiger partial charge in [-0.25, -0.2) is 4.39 Å². The van der Waals surface area contributed by atoms with Crippen molar-refractivity contribution in [1.29, 1.82) is 0 Å². The third kappa shape index (κ3) is 9.25. The van der Waals surface area contributed by atoms with E-state index in [-0.39, 0.29) is 36.8 Å². The van der Waals surface area contributed by atoms with Gasteiger partial charge in [0.05, 0.1) is 13.2 Å². The number of methoxy groups -OCH3 is 1. The minimum atomic E-state index is -0.805. The Balaban J connectivity index is 1.81. The first-order valence-corrected chi connectivity index (χ1v) is 14.6. The first kappa shape index (κ1) is 33.5. The highest BCUT2D eigenvalue weighted by Gasteiger charge is 2.41. The summed E-state index contributed by atoms with van der Waals surface area (Å²) in [5, 5.41) is 8.45. The minimum Gasteiger partial charge on any atom is -0.497 e. The number of carbonyl (C=O) groups excluding carboxylic acids is 4. The van der Waals surface area contributed by atoms with E-state index in [1.54, 1.807) is 55.3 Å². The van der Waals surface area contributed by atoms with Crippen molar-refractivity contribution in [3.8, 4) is 5.75 Å². The molecule has 1 fully saturated rings. The van der Waals surface area contributed by atoms with Gasteiger partial charge in [0.15, 0.2) is 0 Å². The fraction of sp³-hybridized carbons (Fsp3) is 0.500. The first-order chi connectivity index (χ1) is 20.3. The van der Waals surface area contributed by atoms with Gasteiger partial charge in [-0.1, -0.05) is 32.9 Å². The Morgan fingerprint density at radius 1 is 1.07 bits per heavy atom. The predicted octanol–water partition coefficient (Wildman–Crippen LogP) is 2.97. The maximum atomic E-state index is 13.9. The van der Waals surface area contributed by atoms with Crippen LogP contribution in [0.2, 0.25) is 0 Å². The van der Waals surface area contributed by atoms with E-state index in [1.165, 1.54) is 24.1 Å². The van der Waals surface area contributed by atoms with Gasteiger partial charge in [-0.3, -0.25) is 19.2 Å². The molecule has 1 aliphatic rings. The van der Waals surface area contributed by atoms with E-state index in [0.29, 0.717) is 30.8 Å². The second-order valence-electron chi connectivity index (χ2n) is 12.0. The average Bonchev–Trinajstić information content (AvgIpc) is 3.45. The third-order valence-corrected chi connectivity index (χ3v) is 7.73. The van der Waals surface area contributed by atoms with Crippen molar-refractivity contribution in [2.75, 3.05) is 39.1 Å². The van der Waals surface area contributed by atoms with Crippen molar-refractivity contribution in [3.05, 3.63) is 59.9 Å². The van der Waals surface area contributed by atoms with Crippen LogP contribution in [0.25, 0.3) is 0 Å². The number of hydrogen-bond acceptors (Lipinski definition) is 6. The van der Waals surface area contributed by atoms with Crippen molar-refractivity contribution in [2.24, 2.45) is 5.41 Å². The molecule has 1 saturated heterocycles. The Bertz CT molecular complexity index is 1260. The molecule has 0 bridgehead atoms. The van der Waals surface area contributed by atoms with Gasteiger partial charge in [-0.05, 0) is 80.6 Å². The van der Waals surface area contributed by atoms with Crippen LogP contribution in [-0.2, 0) is 25.6 Å². The number of carbonyl (C=O) groups is 4. The highest BCUT2D eigenvalue weighted by atomic mass is 19.1. The summed E-state index contributed by atoms with van der Waals surface area (Å²) in [6, 6.07) is 11.0. The Labute approximate surface area is 253 Å². The van der Waals surface area contributed by atoms with Gasteiger partial charge in [0, 0.05) is 31.4 Å². The van der Waals surface area contributed by atoms with Crippen LogP contribution in [-0.4, -0.2) is 85.3 Å². The monoisotopic (exact) mass is 597 g/mol. The van der Waals surface area contributed by atoms with Crippen LogP contribution in [0.5, 0.6) is 5.75 Å². The molecule has 0 spiro atoms. The number of likely N-dealkylation sites (N-methyl/N-ethyl adjacent to an activating group) is 1. The van der Waals surface area contributed by atoms with E-state index >= 15 is 0 Å². The Kier molecular flexibility index (Phi) is 11.7. The second-order valence-corrected chi connectivity index (χ2v) is 12.0. The molecule has 234 valence electrons. The highest BCUT2D eigenvalue weighted by Crippen LogP contribution is 2.26. The number of rotatable bonds is 11. The lowest BCUT2D eigenvalue weighted by atomic mass is 9.85. The van der Waals surface area contributed by atoms with Gasteiger partial charge >= 0.3 is 11.8 Å². The Morgan fingerprint density at radius 3 is 2.30 bits per heavy atom. The summed E-state index contributed by atoms with van der Waals surface area (Å²) < 4.78 is 18.6. The molecule has 0 aromatic heterocycles. The van der Waals surface area contributed by atoms with Crippen LogP contribution in [0.1, 0.15) is 46.1 Å². The molecular formula is C32H44FN5O5. The number of nitrogens with zero attached hydrogens (tertiary/aromatic N) is 2. The zero-order chi connectivity index (χ0) is 31.7. The summed E-state index contributed by atoms with van der Waals surface area (Å²) in [5.74, 6) is -1.79. The molecule has 1 heterocycles. The number of ether oxygens (including phenoxy) is 1. The van der Waals surface area contributed by atoms with E-state index in [2.05, 4.69) is 16.0 Å². The molecule has 0 radical (unpaired) electrons. The molecule has 2 aromatic carbocycles. The molecule has 3 unspecified atom stereocenters. The number of amides is 4. The standard InChI is InChI=1S/C32H44FN5O5/c1-21(34-5)28(39)36-27(32(2,3)4)30(41)38-18-7-8-25(38)20-37(19-17-22-9-11-23(33)12-10-22)31(42)29(40)35-24-13-15-26(43-6)16-14-24/h9-16,21,25,27,34H,7-8,17-20H2,1-6H3,(H,35,40)(H,36,39). The molecule has 10 nitrogen and oxygen atoms in total. The van der Waals surface area contributed by atoms with Crippen LogP contribution in [0.3, 0.4) is 0 Å². The molecule has 43 heavy (non-hydrogen) atoms. The van der Waals surface area contributed by atoms with E-state index in [4.69, 9.17) is 4.74 Å². The Hall–Kier alpha value is -3.99. The number of halogens is 1. The number of hydrogen-bond donors (Lipinski definition) is 3. The molecule has 3 atom stereocenters. The van der Waals surface area contributed by atoms with Gasteiger partial charge in [0.1, 0.15) is 17.6 Å². The van der Waals surface area contributed by atoms with Crippen molar-refractivity contribution in [1.82, 2.24) is 20.4 Å². The summed E-state index contributed by atoms with van der Waals surface area (Å²) in [7, 11) is 3.21. The van der Waals surface area contributed by atoms with Crippen molar-refractivity contribution in [2.45, 2.75) is 65.1 Å². The lowest BCUT2D eigenvalue weighted by molar-refractivity contribution is -0.145. The van der Waals surface area contributed by atoms with Crippen molar-refractivity contribution >= 4 is 29.3 Å². The summed E-state index contributed by atoms with van der Waals surface area (Å²) >= 11 is 0. The van der Waals surface area contributed by atoms with E-state index in [9.17, 15) is 23.6 Å². The molecule has 2 aromatic rings. The molecule has 3 N–H and O–H groups in total. The van der Waals surface area contributed by atoms with Crippen LogP contribution in [0.4, 0.5) is 10.1 Å². The molecule has 4 amide bonds. The normalized spacial score (nSPS) is 16.3. The minimum absolute atomic E-state index is 0.138. The number of likely N-dealkylation sites (tertiary alicyclic amines) is 1. The summed E-state index contributed by atoms with van der Waals surface area (Å²) in [5.41, 5.74) is 0.682. The largest absolute Gasteiger partial charge is 0.497 e. The molecule has 3 rings (SSSR count). The van der Waals surface area contributed by atoms with Crippen molar-refractivity contribution in [3.63, 3.8) is 0 Å². The summed E-state index contributed by atoms with van der Waals surface area (Å²) in [6.45, 7) is 8.22. The van der Waals surface area contributed by atoms with Gasteiger partial charge in [0.25, 0.3) is 0 Å². The van der Waals surface area contributed by atoms with E-state index < -0.39 is 29.3 Å². The summed E-state index contributed by atoms with van der Waals surface area (Å²) in [6.07, 6.45) is 1.77. The Morgan fingerprint density at radius 2 is 1.72 bits per heavy atom. The smallest absolute Gasteiger partial charge is 0.313 e. The molecule has 0 saturated carbocycles. The second kappa shape index (κ2) is 15.0. The first-order valence-electron chi connectivity index (χ1n) is 14.6. The molecule has 1 aliphatic heterocycles. The number of benzene rings is 2. The maximum absolute atomic E-state index is 13.9. The van der Waals surface area contributed by atoms with Crippen LogP contribution in [0.15, 0.2) is 48.5 Å². The fourth-order valence-electron chi connectivity index (χ4n) is 4.98. The van der Waals surface area contributed by atoms with Crippen molar-refractivity contribution < 1.29 is 28.3 Å². The highest BCUT2D eigenvalue weighted by molar-refractivity contribution is 6.39. The van der Waals surface area contributed by atoms with E-state index in [1.807, 2.05) is 20.8 Å². The van der Waals surface area contributed by atoms with E-state index in [0.717, 1.165) is 12.0 Å². The third-order valence-electron chi connectivity index (χ3n) is 7.73. The average molecular weight is 598 g/mol. The van der Waals surface area contributed by atoms with Gasteiger partial charge in [-0.15, -0.1) is 0 Å². The summed E-state index contributed by atoms with van der Waals surface area (Å²) in [4.78, 5) is 56.4. The number of nitrogens with one attached hydrogen (secondary N) is 3. The zero-order valence-electron chi connectivity index (χ0n) is 25.9. The molecule has 0 aliphatic carbocycles. The predicted molar refractivity (Wildman–Crippen MR) is 163 cm³/mol. The van der Waals surface area contributed by atoms with Crippen LogP contribution >= 0.6 is 0 Å². The maximum Gasteiger partial charge on any atom is 0.313 e. The lowest BCUT2D eigenvalue weighted by Gasteiger charge is -2.37. The van der Waals surface area contributed by atoms with Crippen LogP contribution in [0, 0.1) is 11.2 Å². The SMILES string of the molecule is CNC(C)C(=O)NC(C(=O)N1CCCC1CN(CCc1ccc(F)cc1)C(=O)C(=O)Nc1ccc(OC)cc1)C(C)(C)C. The van der Waals surface area contributed by atoms with Crippen LogP contribution < -0.4 is 20.7 Å². The zero-order valence-corrected chi connectivity index (χ0v) is 25.9. The quantitative estimate of drug-likeness (QED) is 0.343. The number of anilines is 1. The van der Waals surface area contributed by atoms with Gasteiger partial charge in [-0.2, -0.15) is 0 Å². The molecular weight excluding hydrogens is 553 g/mol. The van der Waals surface area contributed by atoms with Gasteiger partial charge < -0.3 is 30.5 Å².